The Morgan fingerprint density at radius 3 is 2.46 bits per heavy atom. The first-order valence-electron chi connectivity index (χ1n) is 7.92. The van der Waals surface area contributed by atoms with Crippen LogP contribution >= 0.6 is 11.8 Å². The Kier molecular flexibility index (Phi) is 5.95. The number of halogens is 1. The second kappa shape index (κ2) is 8.57. The molecule has 0 aliphatic heterocycles. The lowest BCUT2D eigenvalue weighted by Gasteiger charge is -2.09. The van der Waals surface area contributed by atoms with E-state index in [0.29, 0.717) is 22.6 Å². The number of rotatable bonds is 7. The summed E-state index contributed by atoms with van der Waals surface area (Å²) in [6, 6.07) is 10.4. The van der Waals surface area contributed by atoms with Gasteiger partial charge in [-0.15, -0.1) is 10.2 Å². The first-order chi connectivity index (χ1) is 13.5. The van der Waals surface area contributed by atoms with E-state index in [1.807, 2.05) is 0 Å². The van der Waals surface area contributed by atoms with Crippen molar-refractivity contribution in [1.29, 1.82) is 0 Å². The van der Waals surface area contributed by atoms with E-state index in [4.69, 9.17) is 13.9 Å². The lowest BCUT2D eigenvalue weighted by Crippen LogP contribution is -2.23. The minimum absolute atomic E-state index is 0.00949. The van der Waals surface area contributed by atoms with E-state index in [1.54, 1.807) is 18.2 Å². The zero-order valence-electron chi connectivity index (χ0n) is 14.8. The summed E-state index contributed by atoms with van der Waals surface area (Å²) in [5.74, 6) is -0.680. The molecule has 0 atom stereocenters. The second-order valence-electron chi connectivity index (χ2n) is 5.39. The van der Waals surface area contributed by atoms with Crippen LogP contribution in [0.1, 0.15) is 5.56 Å². The average molecular weight is 401 g/mol. The molecule has 28 heavy (non-hydrogen) atoms. The zero-order chi connectivity index (χ0) is 20.1. The molecule has 1 heterocycles. The summed E-state index contributed by atoms with van der Waals surface area (Å²) in [6.07, 6.45) is 1.39. The number of carbonyl (C=O) groups excluding carboxylic acids is 1. The number of aromatic nitrogens is 2. The van der Waals surface area contributed by atoms with Gasteiger partial charge in [0.05, 0.1) is 20.2 Å². The minimum Gasteiger partial charge on any atom is -0.544 e. The second-order valence-corrected chi connectivity index (χ2v) is 6.39. The number of nitrogens with zero attached hydrogens (tertiary/aromatic N) is 2. The lowest BCUT2D eigenvalue weighted by molar-refractivity contribution is -0.298. The molecule has 0 N–H and O–H groups in total. The summed E-state index contributed by atoms with van der Waals surface area (Å²) in [5.41, 5.74) is 1.07. The fraction of sp³-hybridized carbons (Fsp3) is 0.105. The van der Waals surface area contributed by atoms with Gasteiger partial charge in [0.15, 0.2) is 11.5 Å². The molecule has 0 saturated carbocycles. The highest BCUT2D eigenvalue weighted by atomic mass is 32.2. The molecule has 0 aliphatic rings. The highest BCUT2D eigenvalue weighted by molar-refractivity contribution is 8.03. The van der Waals surface area contributed by atoms with Crippen LogP contribution in [-0.2, 0) is 4.79 Å². The lowest BCUT2D eigenvalue weighted by atomic mass is 10.2. The number of aliphatic carboxylic acids is 1. The molecule has 0 saturated heterocycles. The van der Waals surface area contributed by atoms with Crippen LogP contribution in [0.25, 0.3) is 17.5 Å². The highest BCUT2D eigenvalue weighted by Gasteiger charge is 2.13. The third kappa shape index (κ3) is 4.49. The van der Waals surface area contributed by atoms with E-state index >= 15 is 0 Å². The summed E-state index contributed by atoms with van der Waals surface area (Å²) in [5, 5.41) is 19.2. The maximum atomic E-state index is 13.0. The molecule has 1 aromatic heterocycles. The van der Waals surface area contributed by atoms with E-state index in [-0.39, 0.29) is 16.0 Å². The molecule has 0 unspecified atom stereocenters. The summed E-state index contributed by atoms with van der Waals surface area (Å²) in [6.45, 7) is 0. The van der Waals surface area contributed by atoms with Gasteiger partial charge in [0.2, 0.25) is 5.89 Å². The standard InChI is InChI=1S/C19H15FN2O5S/c1-25-14-8-3-11(9-15(14)26-2)10-16(18(23)24)28-19-22-21-17(27-19)12-4-6-13(20)7-5-12/h3-10H,1-2H3,(H,23,24)/p-1/b16-10+. The number of carboxylic acids is 1. The SMILES string of the molecule is COc1ccc(/C=C(/Sc2nnc(-c3ccc(F)cc3)o2)C(=O)[O-])cc1OC. The van der Waals surface area contributed by atoms with Gasteiger partial charge in [-0.05, 0) is 59.8 Å². The Balaban J connectivity index is 1.85. The van der Waals surface area contributed by atoms with Gasteiger partial charge >= 0.3 is 0 Å². The van der Waals surface area contributed by atoms with Crippen molar-refractivity contribution in [2.75, 3.05) is 14.2 Å². The fourth-order valence-electron chi connectivity index (χ4n) is 2.28. The van der Waals surface area contributed by atoms with Crippen LogP contribution in [0, 0.1) is 5.82 Å². The summed E-state index contributed by atoms with van der Waals surface area (Å²) in [4.78, 5) is 11.4. The van der Waals surface area contributed by atoms with Gasteiger partial charge < -0.3 is 23.8 Å². The maximum Gasteiger partial charge on any atom is 0.281 e. The van der Waals surface area contributed by atoms with Gasteiger partial charge in [-0.1, -0.05) is 6.07 Å². The van der Waals surface area contributed by atoms with E-state index in [1.165, 1.54) is 44.6 Å². The summed E-state index contributed by atoms with van der Waals surface area (Å²) >= 11 is 0.746. The van der Waals surface area contributed by atoms with Crippen LogP contribution in [0.3, 0.4) is 0 Å². The third-order valence-electron chi connectivity index (χ3n) is 3.60. The van der Waals surface area contributed by atoms with Gasteiger partial charge in [0.25, 0.3) is 5.22 Å². The van der Waals surface area contributed by atoms with Crippen molar-refractivity contribution in [2.24, 2.45) is 0 Å². The molecule has 2 aromatic carbocycles. The minimum atomic E-state index is -1.40. The Labute approximate surface area is 163 Å². The van der Waals surface area contributed by atoms with Gasteiger partial charge in [0, 0.05) is 10.5 Å². The molecule has 7 nitrogen and oxygen atoms in total. The van der Waals surface area contributed by atoms with E-state index in [0.717, 1.165) is 11.8 Å². The van der Waals surface area contributed by atoms with Crippen molar-refractivity contribution in [3.8, 4) is 23.0 Å². The van der Waals surface area contributed by atoms with Crippen LogP contribution in [0.4, 0.5) is 4.39 Å². The number of thioether (sulfide) groups is 1. The van der Waals surface area contributed by atoms with Crippen LogP contribution in [-0.4, -0.2) is 30.4 Å². The number of methoxy groups -OCH3 is 2. The van der Waals surface area contributed by atoms with Crippen LogP contribution < -0.4 is 14.6 Å². The molecule has 0 amide bonds. The van der Waals surface area contributed by atoms with Gasteiger partial charge in [-0.25, -0.2) is 4.39 Å². The van der Waals surface area contributed by atoms with Gasteiger partial charge in [-0.3, -0.25) is 0 Å². The zero-order valence-corrected chi connectivity index (χ0v) is 15.7. The van der Waals surface area contributed by atoms with E-state index in [2.05, 4.69) is 10.2 Å². The number of hydrogen-bond donors (Lipinski definition) is 0. The Morgan fingerprint density at radius 1 is 1.11 bits per heavy atom. The van der Waals surface area contributed by atoms with Crippen molar-refractivity contribution < 1.29 is 28.2 Å². The number of carbonyl (C=O) groups is 1. The number of ether oxygens (including phenoxy) is 2. The first kappa shape index (κ1) is 19.4. The fourth-order valence-corrected chi connectivity index (χ4v) is 2.95. The van der Waals surface area contributed by atoms with Crippen LogP contribution in [0.15, 0.2) is 57.0 Å². The molecule has 0 aliphatic carbocycles. The average Bonchev–Trinajstić information content (AvgIpc) is 3.16. The molecule has 3 aromatic rings. The van der Waals surface area contributed by atoms with Crippen molar-refractivity contribution in [2.45, 2.75) is 5.22 Å². The topological polar surface area (TPSA) is 97.5 Å². The molecule has 0 spiro atoms. The normalized spacial score (nSPS) is 11.3. The summed E-state index contributed by atoms with van der Waals surface area (Å²) < 4.78 is 28.8. The van der Waals surface area contributed by atoms with Crippen LogP contribution in [0.2, 0.25) is 0 Å². The van der Waals surface area contributed by atoms with E-state index < -0.39 is 11.8 Å². The molecular formula is C19H14FN2O5S-. The first-order valence-corrected chi connectivity index (χ1v) is 8.74. The third-order valence-corrected chi connectivity index (χ3v) is 4.45. The quantitative estimate of drug-likeness (QED) is 0.440. The van der Waals surface area contributed by atoms with Crippen molar-refractivity contribution in [3.63, 3.8) is 0 Å². The van der Waals surface area contributed by atoms with Crippen molar-refractivity contribution >= 4 is 23.8 Å². The van der Waals surface area contributed by atoms with Gasteiger partial charge in [-0.2, -0.15) is 0 Å². The van der Waals surface area contributed by atoms with Crippen molar-refractivity contribution in [1.82, 2.24) is 10.2 Å². The molecule has 9 heteroatoms. The Morgan fingerprint density at radius 2 is 1.82 bits per heavy atom. The monoisotopic (exact) mass is 401 g/mol. The largest absolute Gasteiger partial charge is 0.544 e. The number of benzene rings is 2. The maximum absolute atomic E-state index is 13.0. The molecule has 3 rings (SSSR count). The molecule has 0 bridgehead atoms. The Hall–Kier alpha value is -3.33. The highest BCUT2D eigenvalue weighted by Crippen LogP contribution is 2.32. The smallest absolute Gasteiger partial charge is 0.281 e. The van der Waals surface area contributed by atoms with Crippen molar-refractivity contribution in [3.05, 3.63) is 58.8 Å². The summed E-state index contributed by atoms with van der Waals surface area (Å²) in [7, 11) is 2.99. The predicted molar refractivity (Wildman–Crippen MR) is 98.1 cm³/mol. The number of carboxylic acid groups (broad SMARTS) is 1. The van der Waals surface area contributed by atoms with Gasteiger partial charge in [0.1, 0.15) is 5.82 Å². The predicted octanol–water partition coefficient (Wildman–Crippen LogP) is 2.78. The Bertz CT molecular complexity index is 1020. The molecule has 144 valence electrons. The molecule has 0 radical (unpaired) electrons. The van der Waals surface area contributed by atoms with Crippen LogP contribution in [0.5, 0.6) is 11.5 Å². The molecule has 0 fully saturated rings. The number of hydrogen-bond acceptors (Lipinski definition) is 8. The molecular weight excluding hydrogens is 387 g/mol. The van der Waals surface area contributed by atoms with E-state index in [9.17, 15) is 14.3 Å².